The fraction of sp³-hybridized carbons (Fsp3) is 0.333. The second-order valence-corrected chi connectivity index (χ2v) is 8.41. The minimum absolute atomic E-state index is 0.0462. The number of aryl methyl sites for hydroxylation is 2. The Hall–Kier alpha value is -3.69. The molecule has 0 spiro atoms. The molecule has 0 radical (unpaired) electrons. The average Bonchev–Trinajstić information content (AvgIpc) is 3.41. The largest absolute Gasteiger partial charge is 0.433 e. The Morgan fingerprint density at radius 3 is 2.47 bits per heavy atom. The number of alkyl halides is 3. The fourth-order valence-corrected chi connectivity index (χ4v) is 3.63. The van der Waals surface area contributed by atoms with Crippen LogP contribution in [0, 0.1) is 6.92 Å². The lowest BCUT2D eigenvalue weighted by Gasteiger charge is -2.12. The number of benzene rings is 1. The van der Waals surface area contributed by atoms with E-state index >= 15 is 0 Å². The highest BCUT2D eigenvalue weighted by Gasteiger charge is 2.35. The van der Waals surface area contributed by atoms with Crippen LogP contribution in [0.15, 0.2) is 48.7 Å². The van der Waals surface area contributed by atoms with Crippen LogP contribution in [0.4, 0.5) is 13.2 Å². The normalized spacial score (nSPS) is 12.0. The molecule has 0 aliphatic rings. The summed E-state index contributed by atoms with van der Waals surface area (Å²) in [5.74, 6) is -0.256. The summed E-state index contributed by atoms with van der Waals surface area (Å²) in [4.78, 5) is 16.9. The van der Waals surface area contributed by atoms with Gasteiger partial charge in [0, 0.05) is 36.6 Å². The molecule has 0 unspecified atom stereocenters. The predicted molar refractivity (Wildman–Crippen MR) is 121 cm³/mol. The summed E-state index contributed by atoms with van der Waals surface area (Å²) in [6.07, 6.45) is -2.36. The number of amides is 1. The molecule has 3 aromatic heterocycles. The zero-order valence-corrected chi connectivity index (χ0v) is 19.1. The van der Waals surface area contributed by atoms with Gasteiger partial charge in [0.1, 0.15) is 0 Å². The molecule has 0 aliphatic heterocycles. The van der Waals surface area contributed by atoms with Crippen LogP contribution in [0.2, 0.25) is 0 Å². The van der Waals surface area contributed by atoms with Gasteiger partial charge in [-0.1, -0.05) is 38.1 Å². The van der Waals surface area contributed by atoms with Gasteiger partial charge in [0.25, 0.3) is 5.91 Å². The highest BCUT2D eigenvalue weighted by Crippen LogP contribution is 2.32. The molecule has 0 fully saturated rings. The van der Waals surface area contributed by atoms with Crippen LogP contribution in [0.1, 0.15) is 53.6 Å². The van der Waals surface area contributed by atoms with E-state index in [1.54, 1.807) is 18.3 Å². The Morgan fingerprint density at radius 2 is 1.85 bits per heavy atom. The van der Waals surface area contributed by atoms with Gasteiger partial charge in [-0.05, 0) is 37.0 Å². The Balaban J connectivity index is 1.57. The van der Waals surface area contributed by atoms with Gasteiger partial charge in [0.05, 0.1) is 5.69 Å². The van der Waals surface area contributed by atoms with Crippen LogP contribution >= 0.6 is 0 Å². The van der Waals surface area contributed by atoms with E-state index in [9.17, 15) is 18.0 Å². The van der Waals surface area contributed by atoms with Crippen LogP contribution in [0.25, 0.3) is 16.9 Å². The molecule has 7 nitrogen and oxygen atoms in total. The van der Waals surface area contributed by atoms with Crippen molar-refractivity contribution in [2.45, 2.75) is 45.8 Å². The quantitative estimate of drug-likeness (QED) is 0.391. The van der Waals surface area contributed by atoms with E-state index in [1.165, 1.54) is 6.07 Å². The van der Waals surface area contributed by atoms with Gasteiger partial charge in [0.15, 0.2) is 17.0 Å². The Bertz CT molecular complexity index is 1300. The number of hydrogen-bond acceptors (Lipinski definition) is 4. The van der Waals surface area contributed by atoms with Gasteiger partial charge >= 0.3 is 6.18 Å². The van der Waals surface area contributed by atoms with Crippen molar-refractivity contribution in [2.75, 3.05) is 6.54 Å². The number of aromatic nitrogens is 5. The summed E-state index contributed by atoms with van der Waals surface area (Å²) in [6, 6.07) is 11.4. The van der Waals surface area contributed by atoms with E-state index in [4.69, 9.17) is 0 Å². The minimum atomic E-state index is -4.67. The van der Waals surface area contributed by atoms with E-state index in [2.05, 4.69) is 20.5 Å². The minimum Gasteiger partial charge on any atom is -0.351 e. The first-order valence-corrected chi connectivity index (χ1v) is 11.0. The second-order valence-electron chi connectivity index (χ2n) is 8.41. The third-order valence-corrected chi connectivity index (χ3v) is 5.58. The van der Waals surface area contributed by atoms with Gasteiger partial charge in [-0.15, -0.1) is 0 Å². The molecule has 1 aromatic carbocycles. The van der Waals surface area contributed by atoms with Gasteiger partial charge < -0.3 is 5.32 Å². The number of halogens is 3. The third kappa shape index (κ3) is 4.95. The SMILES string of the molecule is Cc1ccnn1CCCNC(=O)c1cc2nc(-c3ccc(C(C)C)cc3)cc(C(F)(F)F)n2n1. The van der Waals surface area contributed by atoms with Crippen LogP contribution in [0.3, 0.4) is 0 Å². The third-order valence-electron chi connectivity index (χ3n) is 5.58. The number of nitrogens with one attached hydrogen (secondary N) is 1. The number of hydrogen-bond donors (Lipinski definition) is 1. The molecule has 0 atom stereocenters. The number of carbonyl (C=O) groups is 1. The molecular weight excluding hydrogens is 445 g/mol. The topological polar surface area (TPSA) is 77.1 Å². The van der Waals surface area contributed by atoms with E-state index in [1.807, 2.05) is 43.7 Å². The molecule has 3 heterocycles. The molecule has 0 bridgehead atoms. The number of nitrogens with zero attached hydrogens (tertiary/aromatic N) is 5. The predicted octanol–water partition coefficient (Wildman–Crippen LogP) is 4.86. The molecule has 4 aromatic rings. The lowest BCUT2D eigenvalue weighted by atomic mass is 10.0. The van der Waals surface area contributed by atoms with Crippen molar-refractivity contribution in [1.82, 2.24) is 29.7 Å². The second kappa shape index (κ2) is 9.28. The van der Waals surface area contributed by atoms with E-state index in [0.29, 0.717) is 35.5 Å². The first-order chi connectivity index (χ1) is 16.1. The van der Waals surface area contributed by atoms with Crippen molar-refractivity contribution >= 4 is 11.6 Å². The molecule has 1 amide bonds. The lowest BCUT2D eigenvalue weighted by molar-refractivity contribution is -0.142. The molecule has 4 rings (SSSR count). The smallest absolute Gasteiger partial charge is 0.351 e. The Morgan fingerprint density at radius 1 is 1.12 bits per heavy atom. The molecule has 1 N–H and O–H groups in total. The van der Waals surface area contributed by atoms with Crippen molar-refractivity contribution in [1.29, 1.82) is 0 Å². The molecular formula is C24H25F3N6O. The van der Waals surface area contributed by atoms with Crippen LogP contribution in [-0.2, 0) is 12.7 Å². The zero-order chi connectivity index (χ0) is 24.5. The summed E-state index contributed by atoms with van der Waals surface area (Å²) in [7, 11) is 0. The number of fused-ring (bicyclic) bond motifs is 1. The standard InChI is InChI=1S/C24H25F3N6O/c1-15(2)17-5-7-18(8-6-17)19-13-21(24(25,26)27)33-22(30-19)14-20(31-33)23(34)28-10-4-12-32-16(3)9-11-29-32/h5-9,11,13-15H,4,10,12H2,1-3H3,(H,28,34). The molecule has 0 saturated heterocycles. The van der Waals surface area contributed by atoms with Crippen LogP contribution in [0.5, 0.6) is 0 Å². The number of rotatable bonds is 7. The summed E-state index contributed by atoms with van der Waals surface area (Å²) in [5, 5.41) is 10.8. The lowest BCUT2D eigenvalue weighted by Crippen LogP contribution is -2.26. The van der Waals surface area contributed by atoms with Crippen LogP contribution < -0.4 is 5.32 Å². The monoisotopic (exact) mass is 470 g/mol. The molecule has 0 saturated carbocycles. The van der Waals surface area contributed by atoms with Gasteiger partial charge in [-0.2, -0.15) is 23.4 Å². The molecule has 34 heavy (non-hydrogen) atoms. The van der Waals surface area contributed by atoms with Crippen molar-refractivity contribution < 1.29 is 18.0 Å². The van der Waals surface area contributed by atoms with Gasteiger partial charge in [-0.25, -0.2) is 9.50 Å². The highest BCUT2D eigenvalue weighted by molar-refractivity contribution is 5.93. The fourth-order valence-electron chi connectivity index (χ4n) is 3.63. The summed E-state index contributed by atoms with van der Waals surface area (Å²) < 4.78 is 43.9. The first-order valence-electron chi connectivity index (χ1n) is 11.0. The first kappa shape index (κ1) is 23.5. The van der Waals surface area contributed by atoms with Crippen LogP contribution in [-0.4, -0.2) is 36.8 Å². The maximum atomic E-state index is 13.8. The maximum absolute atomic E-state index is 13.8. The van der Waals surface area contributed by atoms with Crippen molar-refractivity contribution in [3.63, 3.8) is 0 Å². The van der Waals surface area contributed by atoms with Gasteiger partial charge in [0.2, 0.25) is 0 Å². The highest BCUT2D eigenvalue weighted by atomic mass is 19.4. The Kier molecular flexibility index (Phi) is 6.41. The summed E-state index contributed by atoms with van der Waals surface area (Å²) in [5.41, 5.74) is 1.64. The van der Waals surface area contributed by atoms with E-state index in [-0.39, 0.29) is 17.0 Å². The van der Waals surface area contributed by atoms with Gasteiger partial charge in [-0.3, -0.25) is 9.48 Å². The molecule has 178 valence electrons. The zero-order valence-electron chi connectivity index (χ0n) is 19.1. The van der Waals surface area contributed by atoms with Crippen molar-refractivity contribution in [3.05, 3.63) is 71.3 Å². The summed E-state index contributed by atoms with van der Waals surface area (Å²) >= 11 is 0. The number of carbonyl (C=O) groups excluding carboxylic acids is 1. The summed E-state index contributed by atoms with van der Waals surface area (Å²) in [6.45, 7) is 6.96. The van der Waals surface area contributed by atoms with E-state index < -0.39 is 17.8 Å². The molecule has 10 heteroatoms. The van der Waals surface area contributed by atoms with Crippen molar-refractivity contribution in [2.24, 2.45) is 0 Å². The van der Waals surface area contributed by atoms with Crippen molar-refractivity contribution in [3.8, 4) is 11.3 Å². The Labute approximate surface area is 194 Å². The van der Waals surface area contributed by atoms with E-state index in [0.717, 1.165) is 17.3 Å². The maximum Gasteiger partial charge on any atom is 0.433 e. The average molecular weight is 470 g/mol. The molecule has 0 aliphatic carbocycles.